The molecule has 0 fully saturated rings. The largest absolute Gasteiger partial charge is 0.504 e. The highest BCUT2D eigenvalue weighted by Gasteiger charge is 2.37. The van der Waals surface area contributed by atoms with Crippen molar-refractivity contribution in [2.24, 2.45) is 4.99 Å². The van der Waals surface area contributed by atoms with Gasteiger partial charge >= 0.3 is 17.9 Å². The predicted molar refractivity (Wildman–Crippen MR) is 224 cm³/mol. The number of aromatic hydroxyl groups is 1. The summed E-state index contributed by atoms with van der Waals surface area (Å²) in [6.07, 6.45) is -6.91. The Balaban J connectivity index is 0.000000249. The van der Waals surface area contributed by atoms with Crippen LogP contribution in [0.25, 0.3) is 11.4 Å². The van der Waals surface area contributed by atoms with Gasteiger partial charge in [-0.2, -0.15) is 69.0 Å². The predicted octanol–water partition coefficient (Wildman–Crippen LogP) is 13.5. The summed E-state index contributed by atoms with van der Waals surface area (Å²) in [4.78, 5) is 7.15. The van der Waals surface area contributed by atoms with Crippen molar-refractivity contribution >= 4 is 87.8 Å². The molecule has 0 bridgehead atoms. The number of hydrogen-bond donors (Lipinski definition) is 2. The number of benzene rings is 3. The molecule has 0 saturated heterocycles. The number of aliphatic imine (C=N–C) groups is 1. The minimum absolute atomic E-state index is 0.0406. The maximum Gasteiger partial charge on any atom is 0.446 e. The number of phenolic OH excluding ortho intramolecular Hbond substituents is 1. The van der Waals surface area contributed by atoms with E-state index in [1.165, 1.54) is 37.6 Å². The average Bonchev–Trinajstić information content (AvgIpc) is 3.73. The molecule has 0 aliphatic rings. The fourth-order valence-electron chi connectivity index (χ4n) is 5.39. The number of methoxy groups -OCH3 is 1. The fourth-order valence-corrected chi connectivity index (χ4v) is 7.98. The molecule has 0 aliphatic heterocycles. The molecule has 2 N–H and O–H groups in total. The van der Waals surface area contributed by atoms with Gasteiger partial charge in [-0.25, -0.2) is 14.4 Å². The van der Waals surface area contributed by atoms with Crippen molar-refractivity contribution < 1.29 is 58.1 Å². The first kappa shape index (κ1) is 51.4. The van der Waals surface area contributed by atoms with Gasteiger partial charge in [0.15, 0.2) is 28.7 Å². The Morgan fingerprint density at radius 1 is 0.803 bits per heavy atom. The molecule has 0 amide bonds. The van der Waals surface area contributed by atoms with E-state index in [9.17, 15) is 63.9 Å². The summed E-state index contributed by atoms with van der Waals surface area (Å²) in [7, 11) is 1.27. The molecule has 6 rings (SSSR count). The summed E-state index contributed by atoms with van der Waals surface area (Å²) in [5.74, 6) is -3.72. The number of thioether (sulfide) groups is 2. The molecule has 28 heteroatoms. The Labute approximate surface area is 392 Å². The van der Waals surface area contributed by atoms with Crippen molar-refractivity contribution in [2.45, 2.75) is 40.0 Å². The molecular weight excluding hydrogens is 1030 g/mol. The van der Waals surface area contributed by atoms with Gasteiger partial charge in [0.1, 0.15) is 29.3 Å². The quantitative estimate of drug-likeness (QED) is 0.0729. The lowest BCUT2D eigenvalue weighted by atomic mass is 10.2. The Morgan fingerprint density at radius 3 is 1.80 bits per heavy atom. The number of nitrogens with zero attached hydrogens (tertiary/aromatic N) is 8. The average molecular weight is 1050 g/mol. The van der Waals surface area contributed by atoms with Crippen LogP contribution >= 0.6 is 69.9 Å². The van der Waals surface area contributed by atoms with Gasteiger partial charge in [-0.1, -0.05) is 52.5 Å². The molecule has 66 heavy (non-hydrogen) atoms. The van der Waals surface area contributed by atoms with E-state index < -0.39 is 88.7 Å². The number of phenols is 1. The maximum absolute atomic E-state index is 13.2. The number of aromatic nitrogens is 5. The van der Waals surface area contributed by atoms with Crippen LogP contribution in [-0.4, -0.2) is 54.2 Å². The van der Waals surface area contributed by atoms with Crippen LogP contribution in [0.5, 0.6) is 11.5 Å². The molecule has 3 aromatic carbocycles. The van der Waals surface area contributed by atoms with Crippen LogP contribution in [0.15, 0.2) is 81.6 Å². The standard InChI is InChI=1S/C20H10Cl2F6N4O2S.C18H10Cl2F5N5S/c1-34-15-4-9(2-3-14(15)33)8-30-18-17(35-20(26,27)28)13(7-29)31-32(18)16-11(21)5-10(6-12(16)22)19(23,24)25;19-11-5-9(18(23,24)25)6-12(20)14(11)30-16(28-8-10-3-1-2-4-27-10)15(31-17(21)22)13(7-26)29-30/h2-6,8,33H,1H3;1-6,17,28H,8H2/b30-8+;. The second-order valence-corrected chi connectivity index (χ2v) is 16.1. The monoisotopic (exact) mass is 1050 g/mol. The van der Waals surface area contributed by atoms with Crippen molar-refractivity contribution in [3.05, 3.63) is 121 Å². The van der Waals surface area contributed by atoms with E-state index in [2.05, 4.69) is 25.5 Å². The number of ether oxygens (including phenoxy) is 1. The Kier molecular flexibility index (Phi) is 16.3. The van der Waals surface area contributed by atoms with Crippen LogP contribution in [0.4, 0.5) is 59.9 Å². The highest BCUT2D eigenvalue weighted by Crippen LogP contribution is 2.47. The van der Waals surface area contributed by atoms with Gasteiger partial charge in [0, 0.05) is 12.4 Å². The number of pyridine rings is 1. The summed E-state index contributed by atoms with van der Waals surface area (Å²) < 4.78 is 151. The molecule has 0 saturated carbocycles. The molecule has 0 unspecified atom stereocenters. The van der Waals surface area contributed by atoms with Crippen molar-refractivity contribution in [2.75, 3.05) is 12.4 Å². The van der Waals surface area contributed by atoms with E-state index in [1.54, 1.807) is 24.3 Å². The molecule has 0 aliphatic carbocycles. The van der Waals surface area contributed by atoms with E-state index in [0.717, 1.165) is 10.9 Å². The Morgan fingerprint density at radius 2 is 1.33 bits per heavy atom. The first-order valence-electron chi connectivity index (χ1n) is 17.3. The third-order valence-electron chi connectivity index (χ3n) is 8.11. The summed E-state index contributed by atoms with van der Waals surface area (Å²) in [6.45, 7) is 0.0457. The van der Waals surface area contributed by atoms with Gasteiger partial charge < -0.3 is 15.2 Å². The van der Waals surface area contributed by atoms with Gasteiger partial charge in [0.2, 0.25) is 0 Å². The number of anilines is 1. The van der Waals surface area contributed by atoms with Crippen LogP contribution < -0.4 is 10.1 Å². The Bertz CT molecular complexity index is 2820. The third kappa shape index (κ3) is 12.4. The molecule has 3 aromatic heterocycles. The topological polar surface area (TPSA) is 150 Å². The van der Waals surface area contributed by atoms with Gasteiger partial charge in [0.05, 0.1) is 60.4 Å². The molecule has 0 radical (unpaired) electrons. The summed E-state index contributed by atoms with van der Waals surface area (Å²) in [5, 5.41) is 36.9. The zero-order valence-corrected chi connectivity index (χ0v) is 36.8. The summed E-state index contributed by atoms with van der Waals surface area (Å²) in [6, 6.07) is 14.5. The normalized spacial score (nSPS) is 11.9. The van der Waals surface area contributed by atoms with Crippen LogP contribution in [0.3, 0.4) is 0 Å². The summed E-state index contributed by atoms with van der Waals surface area (Å²) in [5.41, 5.74) is -8.06. The van der Waals surface area contributed by atoms with Gasteiger partial charge in [-0.15, -0.1) is 0 Å². The van der Waals surface area contributed by atoms with Crippen molar-refractivity contribution in [1.29, 1.82) is 10.5 Å². The zero-order valence-electron chi connectivity index (χ0n) is 32.1. The molecule has 6 aromatic rings. The molecule has 0 spiro atoms. The minimum Gasteiger partial charge on any atom is -0.504 e. The molecule has 11 nitrogen and oxygen atoms in total. The van der Waals surface area contributed by atoms with E-state index >= 15 is 0 Å². The lowest BCUT2D eigenvalue weighted by Crippen LogP contribution is -2.11. The second kappa shape index (κ2) is 20.9. The second-order valence-electron chi connectivity index (χ2n) is 12.4. The highest BCUT2D eigenvalue weighted by molar-refractivity contribution is 8.00. The molecule has 346 valence electrons. The smallest absolute Gasteiger partial charge is 0.446 e. The number of nitrogens with one attached hydrogen (secondary N) is 1. The van der Waals surface area contributed by atoms with Crippen molar-refractivity contribution in [3.8, 4) is 35.0 Å². The molecule has 0 atom stereocenters. The van der Waals surface area contributed by atoms with Gasteiger partial charge in [-0.3, -0.25) is 4.98 Å². The number of halogens is 15. The lowest BCUT2D eigenvalue weighted by molar-refractivity contribution is -0.138. The number of hydrogen-bond acceptors (Lipinski definition) is 11. The summed E-state index contributed by atoms with van der Waals surface area (Å²) >= 11 is 23.5. The van der Waals surface area contributed by atoms with Gasteiger partial charge in [0.25, 0.3) is 5.76 Å². The Hall–Kier alpha value is -5.63. The first-order valence-corrected chi connectivity index (χ1v) is 20.5. The zero-order chi connectivity index (χ0) is 48.9. The maximum atomic E-state index is 13.2. The van der Waals surface area contributed by atoms with Crippen LogP contribution in [0.2, 0.25) is 20.1 Å². The van der Waals surface area contributed by atoms with Crippen LogP contribution in [0, 0.1) is 22.7 Å². The number of nitriles is 2. The number of rotatable bonds is 11. The van der Waals surface area contributed by atoms with Crippen molar-refractivity contribution in [3.63, 3.8) is 0 Å². The molecule has 3 heterocycles. The third-order valence-corrected chi connectivity index (χ3v) is 10.9. The van der Waals surface area contributed by atoms with E-state index in [1.807, 2.05) is 0 Å². The highest BCUT2D eigenvalue weighted by atomic mass is 35.5. The van der Waals surface area contributed by atoms with Crippen molar-refractivity contribution in [1.82, 2.24) is 24.5 Å². The minimum atomic E-state index is -4.86. The lowest BCUT2D eigenvalue weighted by Gasteiger charge is -2.16. The van der Waals surface area contributed by atoms with Crippen LogP contribution in [0.1, 0.15) is 33.8 Å². The molecular formula is C38H20Cl4F11N9O2S2. The first-order chi connectivity index (χ1) is 30.9. The van der Waals surface area contributed by atoms with Crippen LogP contribution in [-0.2, 0) is 18.9 Å². The number of alkyl halides is 11. The fraction of sp³-hybridized carbons (Fsp3) is 0.158. The van der Waals surface area contributed by atoms with Gasteiger partial charge in [-0.05, 0) is 83.7 Å². The van der Waals surface area contributed by atoms with E-state index in [-0.39, 0.29) is 57.5 Å². The SMILES string of the molecule is COc1cc(/C=N/c2c(SC(F)(F)F)c(C#N)nn2-c2c(Cl)cc(C(F)(F)F)cc2Cl)ccc1O.N#Cc1nn(-c2c(Cl)cc(C(F)(F)F)cc2Cl)c(NCc2ccccn2)c1SC(F)F. The van der Waals surface area contributed by atoms with E-state index in [4.69, 9.17) is 51.1 Å². The van der Waals surface area contributed by atoms with E-state index in [0.29, 0.717) is 34.6 Å².